The molecule has 0 aliphatic rings. The molecule has 0 atom stereocenters. The van der Waals surface area contributed by atoms with Crippen LogP contribution in [-0.2, 0) is 6.54 Å². The molecule has 0 aliphatic carbocycles. The van der Waals surface area contributed by atoms with Crippen molar-refractivity contribution in [3.8, 4) is 5.75 Å². The molecule has 0 saturated carbocycles. The number of rotatable bonds is 5. The average molecular weight is 388 g/mol. The molecule has 0 bridgehead atoms. The predicted octanol–water partition coefficient (Wildman–Crippen LogP) is 3.11. The van der Waals surface area contributed by atoms with Crippen LogP contribution in [0.3, 0.4) is 0 Å². The number of nitrogens with zero attached hydrogens (tertiary/aromatic N) is 3. The second-order valence-corrected chi connectivity index (χ2v) is 6.73. The van der Waals surface area contributed by atoms with Crippen LogP contribution in [0.25, 0.3) is 5.65 Å². The van der Waals surface area contributed by atoms with Crippen molar-refractivity contribution in [1.82, 2.24) is 14.2 Å². The smallest absolute Gasteiger partial charge is 0.350 e. The van der Waals surface area contributed by atoms with Gasteiger partial charge in [-0.25, -0.2) is 9.48 Å². The normalized spacial score (nSPS) is 10.8. The van der Waals surface area contributed by atoms with Gasteiger partial charge in [-0.05, 0) is 48.9 Å². The number of methoxy groups -OCH3 is 1. The van der Waals surface area contributed by atoms with E-state index >= 15 is 0 Å². The van der Waals surface area contributed by atoms with Gasteiger partial charge >= 0.3 is 5.69 Å². The highest BCUT2D eigenvalue weighted by atomic mass is 16.5. The highest BCUT2D eigenvalue weighted by molar-refractivity contribution is 6.06. The Labute approximate surface area is 167 Å². The predicted molar refractivity (Wildman–Crippen MR) is 111 cm³/mol. The fourth-order valence-electron chi connectivity index (χ4n) is 3.19. The molecule has 0 aliphatic heterocycles. The second kappa shape index (κ2) is 7.63. The van der Waals surface area contributed by atoms with E-state index in [1.807, 2.05) is 37.3 Å². The van der Waals surface area contributed by atoms with Crippen molar-refractivity contribution >= 4 is 17.2 Å². The molecule has 4 aromatic rings. The Morgan fingerprint density at radius 3 is 2.76 bits per heavy atom. The Bertz CT molecular complexity index is 1260. The average Bonchev–Trinajstić information content (AvgIpc) is 3.04. The molecular formula is C22H20N4O3. The molecule has 29 heavy (non-hydrogen) atoms. The zero-order chi connectivity index (χ0) is 20.4. The monoisotopic (exact) mass is 388 g/mol. The lowest BCUT2D eigenvalue weighted by Gasteiger charge is -2.11. The maximum Gasteiger partial charge on any atom is 0.350 e. The van der Waals surface area contributed by atoms with Gasteiger partial charge in [-0.15, -0.1) is 5.10 Å². The molecule has 0 radical (unpaired) electrons. The van der Waals surface area contributed by atoms with Crippen LogP contribution in [0.4, 0.5) is 5.69 Å². The van der Waals surface area contributed by atoms with Crippen LogP contribution in [-0.4, -0.2) is 27.2 Å². The molecule has 4 rings (SSSR count). The third-order valence-corrected chi connectivity index (χ3v) is 4.61. The van der Waals surface area contributed by atoms with E-state index in [1.54, 1.807) is 36.5 Å². The van der Waals surface area contributed by atoms with Crippen LogP contribution >= 0.6 is 0 Å². The lowest BCUT2D eigenvalue weighted by Crippen LogP contribution is -2.21. The third-order valence-electron chi connectivity index (χ3n) is 4.61. The minimum Gasteiger partial charge on any atom is -0.496 e. The molecule has 2 aromatic carbocycles. The van der Waals surface area contributed by atoms with Crippen molar-refractivity contribution < 1.29 is 9.53 Å². The van der Waals surface area contributed by atoms with Gasteiger partial charge in [0.25, 0.3) is 5.91 Å². The largest absolute Gasteiger partial charge is 0.496 e. The van der Waals surface area contributed by atoms with E-state index in [9.17, 15) is 9.59 Å². The number of ether oxygens (including phenoxy) is 1. The first-order chi connectivity index (χ1) is 14.0. The zero-order valence-electron chi connectivity index (χ0n) is 16.1. The maximum atomic E-state index is 12.7. The Morgan fingerprint density at radius 2 is 1.97 bits per heavy atom. The number of carbonyl (C=O) groups is 1. The van der Waals surface area contributed by atoms with E-state index in [4.69, 9.17) is 4.74 Å². The molecular weight excluding hydrogens is 368 g/mol. The molecule has 0 unspecified atom stereocenters. The lowest BCUT2D eigenvalue weighted by molar-refractivity contribution is 0.102. The van der Waals surface area contributed by atoms with E-state index in [2.05, 4.69) is 10.4 Å². The van der Waals surface area contributed by atoms with Crippen LogP contribution in [0.1, 0.15) is 21.5 Å². The second-order valence-electron chi connectivity index (χ2n) is 6.73. The number of fused-ring (bicyclic) bond motifs is 1. The zero-order valence-corrected chi connectivity index (χ0v) is 16.1. The van der Waals surface area contributed by atoms with Gasteiger partial charge in [0.2, 0.25) is 0 Å². The first kappa shape index (κ1) is 18.5. The summed E-state index contributed by atoms with van der Waals surface area (Å²) in [6.45, 7) is 2.22. The molecule has 2 heterocycles. The van der Waals surface area contributed by atoms with Crippen LogP contribution in [0.5, 0.6) is 5.75 Å². The number of aromatic nitrogens is 3. The summed E-state index contributed by atoms with van der Waals surface area (Å²) < 4.78 is 8.19. The number of benzene rings is 2. The molecule has 0 spiro atoms. The van der Waals surface area contributed by atoms with Crippen LogP contribution in [0, 0.1) is 6.92 Å². The van der Waals surface area contributed by atoms with Crippen LogP contribution < -0.4 is 15.7 Å². The minimum atomic E-state index is -0.257. The summed E-state index contributed by atoms with van der Waals surface area (Å²) >= 11 is 0. The Morgan fingerprint density at radius 1 is 1.10 bits per heavy atom. The number of aryl methyl sites for hydroxylation is 1. The summed E-state index contributed by atoms with van der Waals surface area (Å²) in [5.74, 6) is 0.258. The van der Waals surface area contributed by atoms with E-state index in [1.165, 1.54) is 16.2 Å². The van der Waals surface area contributed by atoms with Gasteiger partial charge in [0.15, 0.2) is 5.65 Å². The van der Waals surface area contributed by atoms with Crippen molar-refractivity contribution in [2.24, 2.45) is 0 Å². The highest BCUT2D eigenvalue weighted by Gasteiger charge is 2.13. The first-order valence-electron chi connectivity index (χ1n) is 9.14. The van der Waals surface area contributed by atoms with E-state index < -0.39 is 0 Å². The number of hydrogen-bond acceptors (Lipinski definition) is 4. The van der Waals surface area contributed by atoms with E-state index in [0.29, 0.717) is 29.2 Å². The number of pyridine rings is 1. The van der Waals surface area contributed by atoms with Gasteiger partial charge in [-0.1, -0.05) is 29.8 Å². The first-order valence-corrected chi connectivity index (χ1v) is 9.14. The molecule has 2 aromatic heterocycles. The summed E-state index contributed by atoms with van der Waals surface area (Å²) in [6, 6.07) is 18.2. The van der Waals surface area contributed by atoms with E-state index in [-0.39, 0.29) is 11.6 Å². The lowest BCUT2D eigenvalue weighted by atomic mass is 10.1. The van der Waals surface area contributed by atoms with Gasteiger partial charge < -0.3 is 10.1 Å². The molecule has 146 valence electrons. The number of hydrogen-bond donors (Lipinski definition) is 1. The van der Waals surface area contributed by atoms with Crippen LogP contribution in [0.2, 0.25) is 0 Å². The van der Waals surface area contributed by atoms with E-state index in [0.717, 1.165) is 11.1 Å². The standard InChI is InChI=1S/C22H20N4O3/c1-15-9-10-19(29-2)18(12-15)21(27)23-17-7-5-6-16(13-17)14-26-22(28)25-11-4-3-8-20(25)24-26/h3-13H,14H2,1-2H3,(H,23,27). The van der Waals surface area contributed by atoms with Gasteiger partial charge in [-0.3, -0.25) is 9.20 Å². The highest BCUT2D eigenvalue weighted by Crippen LogP contribution is 2.21. The maximum absolute atomic E-state index is 12.7. The van der Waals surface area contributed by atoms with Gasteiger partial charge in [0, 0.05) is 11.9 Å². The molecule has 1 N–H and O–H groups in total. The molecule has 0 saturated heterocycles. The summed E-state index contributed by atoms with van der Waals surface area (Å²) in [5, 5.41) is 7.24. The Kier molecular flexibility index (Phi) is 4.87. The summed E-state index contributed by atoms with van der Waals surface area (Å²) in [5.41, 5.74) is 3.30. The minimum absolute atomic E-state index is 0.209. The van der Waals surface area contributed by atoms with Gasteiger partial charge in [0.1, 0.15) is 5.75 Å². The van der Waals surface area contributed by atoms with Crippen molar-refractivity contribution in [3.63, 3.8) is 0 Å². The van der Waals surface area contributed by atoms with Gasteiger partial charge in [-0.2, -0.15) is 0 Å². The SMILES string of the molecule is COc1ccc(C)cc1C(=O)Nc1cccc(Cn2nc3ccccn3c2=O)c1. The van der Waals surface area contributed by atoms with Crippen molar-refractivity contribution in [3.05, 3.63) is 94.0 Å². The fourth-order valence-corrected chi connectivity index (χ4v) is 3.19. The van der Waals surface area contributed by atoms with Crippen molar-refractivity contribution in [1.29, 1.82) is 0 Å². The third kappa shape index (κ3) is 3.75. The van der Waals surface area contributed by atoms with Gasteiger partial charge in [0.05, 0.1) is 19.2 Å². The summed E-state index contributed by atoms with van der Waals surface area (Å²) in [6.07, 6.45) is 1.69. The Balaban J connectivity index is 1.57. The quantitative estimate of drug-likeness (QED) is 0.570. The topological polar surface area (TPSA) is 77.6 Å². The molecule has 7 heteroatoms. The Hall–Kier alpha value is -3.87. The molecule has 1 amide bonds. The number of nitrogens with one attached hydrogen (secondary N) is 1. The number of anilines is 1. The number of amides is 1. The summed E-state index contributed by atoms with van der Waals surface area (Å²) in [4.78, 5) is 25.2. The van der Waals surface area contributed by atoms with Crippen LogP contribution in [0.15, 0.2) is 71.7 Å². The fraction of sp³-hybridized carbons (Fsp3) is 0.136. The summed E-state index contributed by atoms with van der Waals surface area (Å²) in [7, 11) is 1.54. The molecule has 0 fully saturated rings. The number of carbonyl (C=O) groups excluding carboxylic acids is 1. The van der Waals surface area contributed by atoms with Crippen molar-refractivity contribution in [2.75, 3.05) is 12.4 Å². The molecule has 7 nitrogen and oxygen atoms in total. The van der Waals surface area contributed by atoms with Crippen molar-refractivity contribution in [2.45, 2.75) is 13.5 Å².